The van der Waals surface area contributed by atoms with Crippen molar-refractivity contribution >= 4 is 14.6 Å². The van der Waals surface area contributed by atoms with Gasteiger partial charge in [-0.25, -0.2) is 5.09 Å². The summed E-state index contributed by atoms with van der Waals surface area (Å²) in [5.41, 5.74) is 1.15. The first kappa shape index (κ1) is 13.8. The van der Waals surface area contributed by atoms with Crippen molar-refractivity contribution in [2.24, 2.45) is 5.92 Å². The summed E-state index contributed by atoms with van der Waals surface area (Å²) in [5.74, 6) is -1.43. The van der Waals surface area contributed by atoms with Crippen molar-refractivity contribution in [3.05, 3.63) is 35.9 Å². The molecule has 0 radical (unpaired) electrons. The summed E-state index contributed by atoms with van der Waals surface area (Å²) in [6.45, 7) is 1.62. The third-order valence-electron chi connectivity index (χ3n) is 2.80. The van der Waals surface area contributed by atoms with Crippen LogP contribution in [0.1, 0.15) is 18.9 Å². The molecule has 2 unspecified atom stereocenters. The molecule has 2 N–H and O–H groups in total. The molecule has 17 heavy (non-hydrogen) atoms. The van der Waals surface area contributed by atoms with Crippen LogP contribution in [0.25, 0.3) is 0 Å². The van der Waals surface area contributed by atoms with Crippen molar-refractivity contribution in [2.45, 2.75) is 25.8 Å². The number of aryl methyl sites for hydroxylation is 1. The first-order valence-corrected chi connectivity index (χ1v) is 6.31. The Kier molecular flexibility index (Phi) is 5.81. The Labute approximate surface area is 102 Å². The van der Waals surface area contributed by atoms with Gasteiger partial charge in [-0.05, 0) is 18.4 Å². The average molecular weight is 253 g/mol. The third kappa shape index (κ3) is 4.63. The SMILES string of the molecule is CC(C(=O)O)C(CCc1ccccc1)NP=O. The van der Waals surface area contributed by atoms with Gasteiger partial charge < -0.3 is 5.11 Å². The Morgan fingerprint density at radius 3 is 2.59 bits per heavy atom. The van der Waals surface area contributed by atoms with Crippen LogP contribution in [0, 0.1) is 5.92 Å². The van der Waals surface area contributed by atoms with Gasteiger partial charge in [0.25, 0.3) is 0 Å². The fourth-order valence-electron chi connectivity index (χ4n) is 1.63. The van der Waals surface area contributed by atoms with Gasteiger partial charge in [-0.15, -0.1) is 0 Å². The maximum absolute atomic E-state index is 10.9. The Bertz CT molecular complexity index is 369. The van der Waals surface area contributed by atoms with Gasteiger partial charge in [-0.2, -0.15) is 0 Å². The molecular formula is C12H16NO3P. The number of carboxylic acid groups (broad SMARTS) is 1. The molecule has 0 spiro atoms. The standard InChI is InChI=1S/C12H16NO3P/c1-9(12(14)15)11(13-17-16)8-7-10-5-3-2-4-6-10/h2-6,9,11H,7-8H2,1H3,(H,13,16)(H,14,15). The molecule has 0 amide bonds. The maximum atomic E-state index is 10.9. The minimum Gasteiger partial charge on any atom is -0.481 e. The highest BCUT2D eigenvalue weighted by molar-refractivity contribution is 7.21. The van der Waals surface area contributed by atoms with Crippen molar-refractivity contribution < 1.29 is 14.5 Å². The van der Waals surface area contributed by atoms with Crippen LogP contribution in [-0.4, -0.2) is 17.1 Å². The van der Waals surface area contributed by atoms with Crippen LogP contribution in [-0.2, 0) is 15.8 Å². The lowest BCUT2D eigenvalue weighted by Gasteiger charge is -2.18. The summed E-state index contributed by atoms with van der Waals surface area (Å²) < 4.78 is 10.5. The lowest BCUT2D eigenvalue weighted by Crippen LogP contribution is -2.34. The molecule has 2 atom stereocenters. The summed E-state index contributed by atoms with van der Waals surface area (Å²) >= 11 is 0. The molecule has 0 aliphatic carbocycles. The summed E-state index contributed by atoms with van der Waals surface area (Å²) in [6, 6.07) is 9.55. The Morgan fingerprint density at radius 1 is 1.41 bits per heavy atom. The van der Waals surface area contributed by atoms with Crippen LogP contribution < -0.4 is 5.09 Å². The van der Waals surface area contributed by atoms with Gasteiger partial charge in [-0.3, -0.25) is 9.36 Å². The second-order valence-electron chi connectivity index (χ2n) is 3.98. The van der Waals surface area contributed by atoms with Crippen LogP contribution in [0.2, 0.25) is 0 Å². The molecule has 92 valence electrons. The maximum Gasteiger partial charge on any atom is 0.307 e. The van der Waals surface area contributed by atoms with E-state index in [0.717, 1.165) is 12.0 Å². The lowest BCUT2D eigenvalue weighted by atomic mass is 9.96. The number of carboxylic acids is 1. The van der Waals surface area contributed by atoms with E-state index in [1.807, 2.05) is 30.3 Å². The molecule has 1 rings (SSSR count). The van der Waals surface area contributed by atoms with Gasteiger partial charge in [0.15, 0.2) is 0 Å². The Balaban J connectivity index is 2.55. The van der Waals surface area contributed by atoms with Gasteiger partial charge >= 0.3 is 5.97 Å². The summed E-state index contributed by atoms with van der Waals surface area (Å²) in [7, 11) is -0.222. The molecule has 4 nitrogen and oxygen atoms in total. The first-order chi connectivity index (χ1) is 8.15. The predicted octanol–water partition coefficient (Wildman–Crippen LogP) is 2.50. The molecule has 1 aromatic rings. The predicted molar refractivity (Wildman–Crippen MR) is 66.1 cm³/mol. The highest BCUT2D eigenvalue weighted by atomic mass is 31.1. The van der Waals surface area contributed by atoms with E-state index >= 15 is 0 Å². The van der Waals surface area contributed by atoms with E-state index in [9.17, 15) is 9.36 Å². The van der Waals surface area contributed by atoms with E-state index in [4.69, 9.17) is 5.11 Å². The van der Waals surface area contributed by atoms with E-state index < -0.39 is 11.9 Å². The van der Waals surface area contributed by atoms with Crippen LogP contribution in [0.5, 0.6) is 0 Å². The molecule has 0 bridgehead atoms. The van der Waals surface area contributed by atoms with Crippen molar-refractivity contribution in [3.8, 4) is 0 Å². The fourth-order valence-corrected chi connectivity index (χ4v) is 2.12. The number of nitrogens with one attached hydrogen (secondary N) is 1. The highest BCUT2D eigenvalue weighted by Gasteiger charge is 2.22. The zero-order valence-corrected chi connectivity index (χ0v) is 10.6. The molecule has 5 heteroatoms. The average Bonchev–Trinajstić information content (AvgIpc) is 2.34. The number of hydrogen-bond acceptors (Lipinski definition) is 2. The smallest absolute Gasteiger partial charge is 0.307 e. The number of hydrogen-bond donors (Lipinski definition) is 2. The molecular weight excluding hydrogens is 237 g/mol. The molecule has 0 fully saturated rings. The monoisotopic (exact) mass is 253 g/mol. The van der Waals surface area contributed by atoms with E-state index in [1.54, 1.807) is 6.92 Å². The lowest BCUT2D eigenvalue weighted by molar-refractivity contribution is -0.141. The van der Waals surface area contributed by atoms with E-state index in [-0.39, 0.29) is 14.7 Å². The van der Waals surface area contributed by atoms with Gasteiger partial charge in [0.2, 0.25) is 8.61 Å². The summed E-state index contributed by atoms with van der Waals surface area (Å²) in [6.07, 6.45) is 1.42. The fraction of sp³-hybridized carbons (Fsp3) is 0.417. The summed E-state index contributed by atoms with van der Waals surface area (Å²) in [4.78, 5) is 10.9. The quantitative estimate of drug-likeness (QED) is 0.733. The zero-order valence-electron chi connectivity index (χ0n) is 9.67. The van der Waals surface area contributed by atoms with E-state index in [0.29, 0.717) is 6.42 Å². The number of benzene rings is 1. The molecule has 0 saturated carbocycles. The first-order valence-electron chi connectivity index (χ1n) is 5.49. The minimum atomic E-state index is -0.876. The van der Waals surface area contributed by atoms with Crippen molar-refractivity contribution in [1.29, 1.82) is 0 Å². The largest absolute Gasteiger partial charge is 0.481 e. The van der Waals surface area contributed by atoms with Gasteiger partial charge in [0.05, 0.1) is 5.92 Å². The molecule has 0 aliphatic rings. The van der Waals surface area contributed by atoms with Crippen LogP contribution >= 0.6 is 8.61 Å². The Morgan fingerprint density at radius 2 is 2.06 bits per heavy atom. The van der Waals surface area contributed by atoms with Gasteiger partial charge in [-0.1, -0.05) is 37.3 Å². The van der Waals surface area contributed by atoms with E-state index in [2.05, 4.69) is 5.09 Å². The molecule has 1 aromatic carbocycles. The van der Waals surface area contributed by atoms with Crippen molar-refractivity contribution in [1.82, 2.24) is 5.09 Å². The summed E-state index contributed by atoms with van der Waals surface area (Å²) in [5, 5.41) is 11.6. The normalized spacial score (nSPS) is 14.4. The topological polar surface area (TPSA) is 66.4 Å². The highest BCUT2D eigenvalue weighted by Crippen LogP contribution is 2.14. The Hall–Kier alpha value is -1.25. The van der Waals surface area contributed by atoms with Crippen LogP contribution in [0.3, 0.4) is 0 Å². The number of carbonyl (C=O) groups is 1. The molecule has 0 aliphatic heterocycles. The number of rotatable bonds is 7. The third-order valence-corrected chi connectivity index (χ3v) is 3.24. The van der Waals surface area contributed by atoms with Crippen molar-refractivity contribution in [3.63, 3.8) is 0 Å². The van der Waals surface area contributed by atoms with Gasteiger partial charge in [0.1, 0.15) is 0 Å². The molecule has 0 saturated heterocycles. The second kappa shape index (κ2) is 7.15. The minimum absolute atomic E-state index is 0.222. The van der Waals surface area contributed by atoms with E-state index in [1.165, 1.54) is 0 Å². The zero-order chi connectivity index (χ0) is 12.7. The van der Waals surface area contributed by atoms with Crippen LogP contribution in [0.15, 0.2) is 30.3 Å². The number of aliphatic carboxylic acids is 1. The molecule has 0 heterocycles. The van der Waals surface area contributed by atoms with Crippen molar-refractivity contribution in [2.75, 3.05) is 0 Å². The molecule has 0 aromatic heterocycles. The van der Waals surface area contributed by atoms with Crippen LogP contribution in [0.4, 0.5) is 0 Å². The van der Waals surface area contributed by atoms with Gasteiger partial charge in [0, 0.05) is 6.04 Å². The second-order valence-corrected chi connectivity index (χ2v) is 4.42.